The van der Waals surface area contributed by atoms with E-state index < -0.39 is 5.97 Å². The van der Waals surface area contributed by atoms with Crippen LogP contribution in [0.3, 0.4) is 0 Å². The van der Waals surface area contributed by atoms with Crippen molar-refractivity contribution in [2.24, 2.45) is 0 Å². The van der Waals surface area contributed by atoms with Crippen molar-refractivity contribution < 1.29 is 28.8 Å². The van der Waals surface area contributed by atoms with E-state index >= 15 is 0 Å². The molecule has 0 aromatic carbocycles. The van der Waals surface area contributed by atoms with Gasteiger partial charge in [-0.15, -0.1) is 0 Å². The van der Waals surface area contributed by atoms with Crippen LogP contribution in [0.15, 0.2) is 24.5 Å². The van der Waals surface area contributed by atoms with E-state index in [1.165, 1.54) is 25.1 Å². The number of carbonyl (C=O) groups is 1. The van der Waals surface area contributed by atoms with Gasteiger partial charge in [0.1, 0.15) is 5.82 Å². The second-order valence-electron chi connectivity index (χ2n) is 4.19. The molecule has 2 aromatic rings. The van der Waals surface area contributed by atoms with Crippen molar-refractivity contribution in [2.45, 2.75) is 18.9 Å². The number of pyridine rings is 2. The van der Waals surface area contributed by atoms with E-state index in [4.69, 9.17) is 0 Å². The van der Waals surface area contributed by atoms with E-state index in [-0.39, 0.29) is 24.4 Å². The average Bonchev–Trinajstić information content (AvgIpc) is 3.12. The Labute approximate surface area is 116 Å². The van der Waals surface area contributed by atoms with Gasteiger partial charge in [-0.3, -0.25) is 4.98 Å². The van der Waals surface area contributed by atoms with Gasteiger partial charge in [-0.25, -0.2) is 4.98 Å². The van der Waals surface area contributed by atoms with E-state index in [1.54, 1.807) is 6.20 Å². The molecule has 0 saturated heterocycles. The van der Waals surface area contributed by atoms with Crippen LogP contribution in [-0.4, -0.2) is 22.0 Å². The van der Waals surface area contributed by atoms with E-state index in [1.807, 2.05) is 6.07 Å². The summed E-state index contributed by atoms with van der Waals surface area (Å²) >= 11 is 0. The summed E-state index contributed by atoms with van der Waals surface area (Å²) in [4.78, 5) is 19.0. The van der Waals surface area contributed by atoms with Crippen molar-refractivity contribution in [2.75, 3.05) is 5.32 Å². The molecule has 6 heteroatoms. The van der Waals surface area contributed by atoms with Gasteiger partial charge >= 0.3 is 18.9 Å². The third-order valence-corrected chi connectivity index (χ3v) is 2.73. The maximum atomic E-state index is 10.7. The summed E-state index contributed by atoms with van der Waals surface area (Å²) in [6, 6.07) is 3.88. The van der Waals surface area contributed by atoms with E-state index in [0.29, 0.717) is 11.4 Å². The van der Waals surface area contributed by atoms with Crippen molar-refractivity contribution in [3.63, 3.8) is 0 Å². The van der Waals surface area contributed by atoms with Crippen molar-refractivity contribution >= 4 is 22.7 Å². The van der Waals surface area contributed by atoms with Gasteiger partial charge in [-0.2, -0.15) is 0 Å². The molecule has 0 atom stereocenters. The Morgan fingerprint density at radius 1 is 1.28 bits per heavy atom. The van der Waals surface area contributed by atoms with Gasteiger partial charge in [0.25, 0.3) is 0 Å². The Hall–Kier alpha value is -1.57. The molecule has 1 aliphatic rings. The molecule has 1 N–H and O–H groups in total. The topological polar surface area (TPSA) is 77.9 Å². The standard InChI is InChI=1S/C12H11N3O2.Li/c16-12(17)8-3-7-5-14-11(15-9-1-2-9)4-10(7)13-6-8;/h3-6,9H,1-2H2,(H,14,15)(H,16,17);/q;+1/p-1. The number of nitrogens with one attached hydrogen (secondary N) is 1. The third kappa shape index (κ3) is 2.63. The molecule has 0 spiro atoms. The molecule has 1 fully saturated rings. The van der Waals surface area contributed by atoms with Crippen LogP contribution in [-0.2, 0) is 0 Å². The second-order valence-corrected chi connectivity index (χ2v) is 4.19. The molecule has 1 saturated carbocycles. The van der Waals surface area contributed by atoms with Crippen LogP contribution in [0.25, 0.3) is 10.9 Å². The second kappa shape index (κ2) is 4.97. The van der Waals surface area contributed by atoms with Crippen molar-refractivity contribution in [3.8, 4) is 0 Å². The van der Waals surface area contributed by atoms with E-state index in [2.05, 4.69) is 15.3 Å². The van der Waals surface area contributed by atoms with Crippen LogP contribution in [0.2, 0.25) is 0 Å². The van der Waals surface area contributed by atoms with Crippen molar-refractivity contribution in [3.05, 3.63) is 30.1 Å². The Kier molecular flexibility index (Phi) is 3.55. The number of carbonyl (C=O) groups excluding carboxylic acids is 1. The summed E-state index contributed by atoms with van der Waals surface area (Å²) in [5.41, 5.74) is 0.801. The predicted octanol–water partition coefficient (Wildman–Crippen LogP) is -2.43. The van der Waals surface area contributed by atoms with Crippen LogP contribution in [0.5, 0.6) is 0 Å². The molecule has 1 aliphatic carbocycles. The molecule has 3 rings (SSSR count). The zero-order valence-electron chi connectivity index (χ0n) is 10.0. The minimum absolute atomic E-state index is 0. The smallest absolute Gasteiger partial charge is 0.545 e. The minimum atomic E-state index is -1.22. The predicted molar refractivity (Wildman–Crippen MR) is 60.5 cm³/mol. The van der Waals surface area contributed by atoms with Crippen LogP contribution >= 0.6 is 0 Å². The Morgan fingerprint density at radius 3 is 2.72 bits per heavy atom. The number of carboxylic acid groups (broad SMARTS) is 1. The summed E-state index contributed by atoms with van der Waals surface area (Å²) in [7, 11) is 0. The van der Waals surface area contributed by atoms with Crippen LogP contribution in [0.1, 0.15) is 23.2 Å². The SMILES string of the molecule is O=C([O-])c1cnc2cc(NC3CC3)ncc2c1.[Li+]. The number of aromatic nitrogens is 2. The first-order chi connectivity index (χ1) is 8.22. The van der Waals surface area contributed by atoms with Gasteiger partial charge in [0.15, 0.2) is 0 Å². The molecule has 0 bridgehead atoms. The van der Waals surface area contributed by atoms with Crippen molar-refractivity contribution in [1.29, 1.82) is 0 Å². The van der Waals surface area contributed by atoms with Gasteiger partial charge in [0, 0.05) is 35.5 Å². The number of aromatic carboxylic acids is 1. The maximum Gasteiger partial charge on any atom is 1.00 e. The number of hydrogen-bond acceptors (Lipinski definition) is 5. The maximum absolute atomic E-state index is 10.7. The number of hydrogen-bond donors (Lipinski definition) is 1. The zero-order valence-corrected chi connectivity index (χ0v) is 10.0. The molecule has 0 amide bonds. The Morgan fingerprint density at radius 2 is 2.06 bits per heavy atom. The van der Waals surface area contributed by atoms with Gasteiger partial charge < -0.3 is 15.2 Å². The number of carboxylic acids is 1. The average molecular weight is 235 g/mol. The first-order valence-corrected chi connectivity index (χ1v) is 5.46. The quantitative estimate of drug-likeness (QED) is 0.599. The first-order valence-electron chi connectivity index (χ1n) is 5.46. The molecule has 2 heterocycles. The monoisotopic (exact) mass is 235 g/mol. The molecule has 5 nitrogen and oxygen atoms in total. The van der Waals surface area contributed by atoms with Crippen molar-refractivity contribution in [1.82, 2.24) is 9.97 Å². The minimum Gasteiger partial charge on any atom is -0.545 e. The number of nitrogens with zero attached hydrogens (tertiary/aromatic N) is 2. The van der Waals surface area contributed by atoms with Crippen LogP contribution in [0, 0.1) is 0 Å². The molecular weight excluding hydrogens is 225 g/mol. The van der Waals surface area contributed by atoms with Gasteiger partial charge in [0.2, 0.25) is 0 Å². The first kappa shape index (κ1) is 12.9. The number of anilines is 1. The summed E-state index contributed by atoms with van der Waals surface area (Å²) in [5, 5.41) is 14.6. The summed E-state index contributed by atoms with van der Waals surface area (Å²) in [6.45, 7) is 0. The van der Waals surface area contributed by atoms with Gasteiger partial charge in [-0.05, 0) is 18.9 Å². The van der Waals surface area contributed by atoms with Crippen LogP contribution < -0.4 is 29.3 Å². The Balaban J connectivity index is 0.00000120. The molecule has 0 radical (unpaired) electrons. The molecule has 0 aliphatic heterocycles. The third-order valence-electron chi connectivity index (χ3n) is 2.73. The van der Waals surface area contributed by atoms with Crippen LogP contribution in [0.4, 0.5) is 5.82 Å². The summed E-state index contributed by atoms with van der Waals surface area (Å²) in [6.07, 6.45) is 5.28. The fraction of sp³-hybridized carbons (Fsp3) is 0.250. The van der Waals surface area contributed by atoms with Gasteiger partial charge in [-0.1, -0.05) is 0 Å². The number of rotatable bonds is 3. The molecule has 0 unspecified atom stereocenters. The largest absolute Gasteiger partial charge is 1.00 e. The summed E-state index contributed by atoms with van der Waals surface area (Å²) < 4.78 is 0. The Bertz CT molecular complexity index is 599. The zero-order chi connectivity index (χ0) is 11.8. The normalized spacial score (nSPS) is 14.0. The number of fused-ring (bicyclic) bond motifs is 1. The molecule has 2 aromatic heterocycles. The van der Waals surface area contributed by atoms with Gasteiger partial charge in [0.05, 0.1) is 11.5 Å². The fourth-order valence-corrected chi connectivity index (χ4v) is 1.65. The molecule has 18 heavy (non-hydrogen) atoms. The fourth-order valence-electron chi connectivity index (χ4n) is 1.65. The molecule has 86 valence electrons. The summed E-state index contributed by atoms with van der Waals surface area (Å²) in [5.74, 6) is -0.437. The molecular formula is C12H10LiN3O2. The van der Waals surface area contributed by atoms with E-state index in [9.17, 15) is 9.90 Å². The van der Waals surface area contributed by atoms with E-state index in [0.717, 1.165) is 11.3 Å².